The van der Waals surface area contributed by atoms with Gasteiger partial charge < -0.3 is 18.5 Å². The van der Waals surface area contributed by atoms with Crippen molar-refractivity contribution in [1.29, 1.82) is 0 Å². The van der Waals surface area contributed by atoms with Gasteiger partial charge in [-0.15, -0.1) is 0 Å². The molecule has 0 radical (unpaired) electrons. The third-order valence-electron chi connectivity index (χ3n) is 7.06. The lowest BCUT2D eigenvalue weighted by molar-refractivity contribution is 0.371. The molecule has 5 nitrogen and oxygen atoms in total. The van der Waals surface area contributed by atoms with E-state index in [0.29, 0.717) is 0 Å². The first-order valence-electron chi connectivity index (χ1n) is 12.0. The summed E-state index contributed by atoms with van der Waals surface area (Å²) in [5.74, 6) is 5.13. The summed E-state index contributed by atoms with van der Waals surface area (Å²) in [5.41, 5.74) is 0. The highest BCUT2D eigenvalue weighted by Gasteiger charge is 2.57. The van der Waals surface area contributed by atoms with Crippen LogP contribution in [0.3, 0.4) is 0 Å². The monoisotopic (exact) mass is 497 g/mol. The van der Waals surface area contributed by atoms with Crippen molar-refractivity contribution < 1.29 is 18.5 Å². The van der Waals surface area contributed by atoms with E-state index >= 15 is 0 Å². The average Bonchev–Trinajstić information content (AvgIpc) is 2.88. The Labute approximate surface area is 206 Å². The predicted octanol–water partition coefficient (Wildman–Crippen LogP) is 4.62. The molecule has 0 fully saturated rings. The van der Waals surface area contributed by atoms with E-state index in [0.717, 1.165) is 58.0 Å². The van der Waals surface area contributed by atoms with E-state index in [1.807, 2.05) is 24.3 Å². The Bertz CT molecular complexity index is 1370. The molecular formula is C28H24NO4PSi. The van der Waals surface area contributed by atoms with Gasteiger partial charge in [0.25, 0.3) is 0 Å². The predicted molar refractivity (Wildman–Crippen MR) is 141 cm³/mol. The summed E-state index contributed by atoms with van der Waals surface area (Å²) in [7, 11) is -4.27. The normalized spacial score (nSPS) is 16.1. The second-order valence-electron chi connectivity index (χ2n) is 8.76. The molecule has 7 heteroatoms. The van der Waals surface area contributed by atoms with E-state index in [2.05, 4.69) is 79.2 Å². The number of rotatable bonds is 3. The molecule has 0 amide bonds. The summed E-state index contributed by atoms with van der Waals surface area (Å²) >= 11 is 0. The third-order valence-corrected chi connectivity index (χ3v) is 13.7. The van der Waals surface area contributed by atoms with Gasteiger partial charge in [-0.25, -0.2) is 4.67 Å². The van der Waals surface area contributed by atoms with Gasteiger partial charge in [0.2, 0.25) is 8.07 Å². The first kappa shape index (κ1) is 21.0. The Morgan fingerprint density at radius 1 is 0.571 bits per heavy atom. The zero-order valence-electron chi connectivity index (χ0n) is 19.5. The Morgan fingerprint density at radius 2 is 1.00 bits per heavy atom. The van der Waals surface area contributed by atoms with Crippen LogP contribution in [-0.2, 0) is 0 Å². The molecule has 4 aromatic rings. The lowest BCUT2D eigenvalue weighted by Crippen LogP contribution is -2.78. The molecule has 3 aliphatic rings. The molecule has 0 aromatic heterocycles. The highest BCUT2D eigenvalue weighted by Crippen LogP contribution is 2.49. The summed E-state index contributed by atoms with van der Waals surface area (Å²) in [4.78, 5) is 0. The number of nitrogens with zero attached hydrogens (tertiary/aromatic N) is 1. The number of hydrogen-bond donors (Lipinski definition) is 0. The molecule has 0 bridgehead atoms. The van der Waals surface area contributed by atoms with Gasteiger partial charge in [0.1, 0.15) is 34.5 Å². The minimum absolute atomic E-state index is 0.827. The lowest BCUT2D eigenvalue weighted by Gasteiger charge is -2.45. The van der Waals surface area contributed by atoms with E-state index in [9.17, 15) is 0 Å². The summed E-state index contributed by atoms with van der Waals surface area (Å²) < 4.78 is 28.9. The van der Waals surface area contributed by atoms with Gasteiger partial charge in [-0.3, -0.25) is 0 Å². The van der Waals surface area contributed by atoms with Gasteiger partial charge in [0, 0.05) is 23.5 Å². The average molecular weight is 498 g/mol. The van der Waals surface area contributed by atoms with E-state index in [-0.39, 0.29) is 0 Å². The fourth-order valence-electron chi connectivity index (χ4n) is 5.62. The highest BCUT2D eigenvalue weighted by molar-refractivity contribution is 7.45. The summed E-state index contributed by atoms with van der Waals surface area (Å²) in [6, 6.07) is 29.1. The molecule has 3 heterocycles. The molecule has 0 aliphatic carbocycles. The van der Waals surface area contributed by atoms with Crippen molar-refractivity contribution in [1.82, 2.24) is 4.67 Å². The van der Waals surface area contributed by atoms with Crippen LogP contribution in [0, 0.1) is 0 Å². The molecule has 7 rings (SSSR count). The topological polar surface area (TPSA) is 40.2 Å². The molecule has 174 valence electrons. The zero-order chi connectivity index (χ0) is 23.6. The van der Waals surface area contributed by atoms with Gasteiger partial charge in [0.15, 0.2) is 0 Å². The van der Waals surface area contributed by atoms with Gasteiger partial charge >= 0.3 is 8.53 Å². The van der Waals surface area contributed by atoms with Gasteiger partial charge in [-0.2, -0.15) is 0 Å². The van der Waals surface area contributed by atoms with E-state index in [1.165, 1.54) is 10.4 Å². The molecule has 35 heavy (non-hydrogen) atoms. The van der Waals surface area contributed by atoms with Crippen molar-refractivity contribution in [2.45, 2.75) is 13.8 Å². The molecule has 0 saturated heterocycles. The summed E-state index contributed by atoms with van der Waals surface area (Å²) in [6.07, 6.45) is 0. The van der Waals surface area contributed by atoms with Crippen molar-refractivity contribution >= 4 is 37.3 Å². The van der Waals surface area contributed by atoms with Crippen LogP contribution in [0.25, 0.3) is 0 Å². The highest BCUT2D eigenvalue weighted by atomic mass is 31.2. The van der Waals surface area contributed by atoms with Crippen LogP contribution in [-0.4, -0.2) is 25.8 Å². The Kier molecular flexibility index (Phi) is 4.71. The largest absolute Gasteiger partial charge is 0.457 e. The number of para-hydroxylation sites is 2. The lowest BCUT2D eigenvalue weighted by atomic mass is 10.2. The maximum absolute atomic E-state index is 6.79. The maximum Gasteiger partial charge on any atom is 0.384 e. The SMILES string of the molecule is CCN(CC)P1Oc2cccc3c2[Si]2(c4ccccc4O3)c3ccccc3Oc3cccc(c32)O1. The Morgan fingerprint density at radius 3 is 1.49 bits per heavy atom. The van der Waals surface area contributed by atoms with Crippen LogP contribution in [0.2, 0.25) is 0 Å². The third kappa shape index (κ3) is 2.82. The molecule has 3 aliphatic heterocycles. The Hall–Kier alpha value is -3.31. The molecule has 0 N–H and O–H groups in total. The van der Waals surface area contributed by atoms with Gasteiger partial charge in [-0.1, -0.05) is 62.4 Å². The summed E-state index contributed by atoms with van der Waals surface area (Å²) in [5, 5.41) is 4.63. The molecule has 0 unspecified atom stereocenters. The Balaban J connectivity index is 1.66. The minimum Gasteiger partial charge on any atom is -0.457 e. The molecule has 0 saturated carbocycles. The second-order valence-corrected chi connectivity index (χ2v) is 13.7. The fraction of sp³-hybridized carbons (Fsp3) is 0.143. The van der Waals surface area contributed by atoms with E-state index < -0.39 is 16.6 Å². The van der Waals surface area contributed by atoms with Crippen LogP contribution < -0.4 is 39.3 Å². The van der Waals surface area contributed by atoms with Crippen molar-refractivity contribution in [2.75, 3.05) is 13.1 Å². The number of ether oxygens (including phenoxy) is 2. The number of hydrogen-bond acceptors (Lipinski definition) is 5. The zero-order valence-corrected chi connectivity index (χ0v) is 21.4. The quantitative estimate of drug-likeness (QED) is 0.264. The number of benzene rings is 4. The summed E-state index contributed by atoms with van der Waals surface area (Å²) in [6.45, 7) is 5.92. The molecule has 1 spiro atoms. The fourth-order valence-corrected chi connectivity index (χ4v) is 12.5. The maximum atomic E-state index is 6.79. The van der Waals surface area contributed by atoms with Crippen molar-refractivity contribution in [2.24, 2.45) is 0 Å². The molecule has 0 atom stereocenters. The molecule has 4 aromatic carbocycles. The minimum atomic E-state index is -2.90. The standard InChI is InChI=1S/C28H24NO4PSi/c1-3-29(4-2)34-32-23-15-9-13-21-27(23)35(25-17-7-5-11-19(25)30-21)26-18-8-6-12-20(26)31-22-14-10-16-24(33-34)28(22)35/h5-18H,3-4H2,1-2H3. The van der Waals surface area contributed by atoms with Crippen LogP contribution in [0.1, 0.15) is 13.8 Å². The van der Waals surface area contributed by atoms with Gasteiger partial charge in [0.05, 0.1) is 0 Å². The van der Waals surface area contributed by atoms with Crippen molar-refractivity contribution in [3.8, 4) is 34.5 Å². The van der Waals surface area contributed by atoms with Crippen LogP contribution in [0.15, 0.2) is 84.9 Å². The van der Waals surface area contributed by atoms with E-state index in [1.54, 1.807) is 0 Å². The smallest absolute Gasteiger partial charge is 0.384 e. The second kappa shape index (κ2) is 7.85. The van der Waals surface area contributed by atoms with Crippen LogP contribution in [0.5, 0.6) is 34.5 Å². The van der Waals surface area contributed by atoms with Crippen molar-refractivity contribution in [3.05, 3.63) is 84.9 Å². The molecular weight excluding hydrogens is 473 g/mol. The van der Waals surface area contributed by atoms with Crippen molar-refractivity contribution in [3.63, 3.8) is 0 Å². The van der Waals surface area contributed by atoms with Gasteiger partial charge in [-0.05, 0) is 46.8 Å². The van der Waals surface area contributed by atoms with Crippen LogP contribution in [0.4, 0.5) is 0 Å². The first-order chi connectivity index (χ1) is 17.3. The van der Waals surface area contributed by atoms with E-state index in [4.69, 9.17) is 18.5 Å². The number of fused-ring (bicyclic) bond motifs is 2. The van der Waals surface area contributed by atoms with Crippen LogP contribution >= 0.6 is 8.53 Å². The first-order valence-corrected chi connectivity index (χ1v) is 15.1.